The SMILES string of the molecule is Cl.O=C(CNCc1ccc(Cl)c(Cl)c1)C1=CC=CNC=C1. The van der Waals surface area contributed by atoms with Crippen LogP contribution in [0.2, 0.25) is 10.0 Å². The Labute approximate surface area is 140 Å². The number of carbonyl (C=O) groups excluding carboxylic acids is 1. The summed E-state index contributed by atoms with van der Waals surface area (Å²) in [7, 11) is 0. The summed E-state index contributed by atoms with van der Waals surface area (Å²) in [6, 6.07) is 5.41. The number of ketones is 1. The van der Waals surface area contributed by atoms with Crippen molar-refractivity contribution in [2.75, 3.05) is 6.54 Å². The Morgan fingerprint density at radius 2 is 2.00 bits per heavy atom. The topological polar surface area (TPSA) is 41.1 Å². The van der Waals surface area contributed by atoms with E-state index < -0.39 is 0 Å². The summed E-state index contributed by atoms with van der Waals surface area (Å²) in [4.78, 5) is 12.0. The molecule has 0 fully saturated rings. The highest BCUT2D eigenvalue weighted by atomic mass is 35.5. The molecule has 0 aliphatic carbocycles. The number of rotatable bonds is 5. The molecule has 21 heavy (non-hydrogen) atoms. The van der Waals surface area contributed by atoms with Crippen LogP contribution in [0.3, 0.4) is 0 Å². The number of hydrogen-bond donors (Lipinski definition) is 2. The molecule has 1 aliphatic rings. The molecular weight excluding hydrogens is 331 g/mol. The molecule has 1 heterocycles. The Morgan fingerprint density at radius 1 is 1.19 bits per heavy atom. The number of allylic oxidation sites excluding steroid dienone is 3. The fourth-order valence-electron chi connectivity index (χ4n) is 1.71. The molecule has 0 unspecified atom stereocenters. The van der Waals surface area contributed by atoms with E-state index in [-0.39, 0.29) is 24.7 Å². The Hall–Kier alpha value is -1.26. The summed E-state index contributed by atoms with van der Waals surface area (Å²) < 4.78 is 0. The number of Topliss-reactive ketones (excluding diaryl/α,β-unsaturated/α-hetero) is 1. The van der Waals surface area contributed by atoms with Gasteiger partial charge in [-0.2, -0.15) is 0 Å². The highest BCUT2D eigenvalue weighted by Gasteiger charge is 2.06. The average molecular weight is 346 g/mol. The third-order valence-corrected chi connectivity index (χ3v) is 3.49. The number of carbonyl (C=O) groups is 1. The van der Waals surface area contributed by atoms with Crippen molar-refractivity contribution in [1.29, 1.82) is 0 Å². The molecule has 6 heteroatoms. The van der Waals surface area contributed by atoms with Crippen molar-refractivity contribution in [3.63, 3.8) is 0 Å². The first-order valence-corrected chi connectivity index (χ1v) is 6.89. The molecule has 2 rings (SSSR count). The van der Waals surface area contributed by atoms with Gasteiger partial charge in [-0.25, -0.2) is 0 Å². The molecular formula is C15H15Cl3N2O. The highest BCUT2D eigenvalue weighted by Crippen LogP contribution is 2.22. The first-order valence-electron chi connectivity index (χ1n) is 6.14. The van der Waals surface area contributed by atoms with Gasteiger partial charge in [-0.3, -0.25) is 4.79 Å². The van der Waals surface area contributed by atoms with Crippen molar-refractivity contribution in [3.8, 4) is 0 Å². The Kier molecular flexibility index (Phi) is 7.54. The summed E-state index contributed by atoms with van der Waals surface area (Å²) in [5.41, 5.74) is 1.65. The summed E-state index contributed by atoms with van der Waals surface area (Å²) in [5, 5.41) is 7.05. The zero-order valence-electron chi connectivity index (χ0n) is 11.1. The van der Waals surface area contributed by atoms with Gasteiger partial charge >= 0.3 is 0 Å². The maximum Gasteiger partial charge on any atom is 0.176 e. The van der Waals surface area contributed by atoms with Crippen molar-refractivity contribution in [1.82, 2.24) is 10.6 Å². The minimum atomic E-state index is 0. The molecule has 0 atom stereocenters. The van der Waals surface area contributed by atoms with Crippen LogP contribution in [0, 0.1) is 0 Å². The van der Waals surface area contributed by atoms with Crippen LogP contribution in [0.15, 0.2) is 54.4 Å². The lowest BCUT2D eigenvalue weighted by atomic mass is 10.1. The number of nitrogens with one attached hydrogen (secondary N) is 2. The normalized spacial score (nSPS) is 13.0. The molecule has 0 bridgehead atoms. The standard InChI is InChI=1S/C15H14Cl2N2O.ClH/c16-13-4-3-11(8-14(13)17)9-19-10-15(20)12-2-1-6-18-7-5-12;/h1-8,18-19H,9-10H2;1H. The van der Waals surface area contributed by atoms with Gasteiger partial charge in [0.05, 0.1) is 16.6 Å². The molecule has 112 valence electrons. The van der Waals surface area contributed by atoms with Crippen LogP contribution >= 0.6 is 35.6 Å². The number of hydrogen-bond acceptors (Lipinski definition) is 3. The van der Waals surface area contributed by atoms with Crippen molar-refractivity contribution in [2.45, 2.75) is 6.54 Å². The van der Waals surface area contributed by atoms with Crippen LogP contribution in [0.1, 0.15) is 5.56 Å². The third-order valence-electron chi connectivity index (χ3n) is 2.75. The molecule has 0 spiro atoms. The molecule has 0 saturated carbocycles. The minimum absolute atomic E-state index is 0. The lowest BCUT2D eigenvalue weighted by molar-refractivity contribution is -0.114. The second-order valence-corrected chi connectivity index (χ2v) is 5.07. The summed E-state index contributed by atoms with van der Waals surface area (Å²) >= 11 is 11.8. The summed E-state index contributed by atoms with van der Waals surface area (Å²) in [5.74, 6) is 0.0367. The molecule has 0 aromatic heterocycles. The van der Waals surface area contributed by atoms with Crippen molar-refractivity contribution < 1.29 is 4.79 Å². The van der Waals surface area contributed by atoms with Gasteiger partial charge in [-0.15, -0.1) is 12.4 Å². The van der Waals surface area contributed by atoms with E-state index in [1.165, 1.54) is 0 Å². The van der Waals surface area contributed by atoms with Crippen LogP contribution in [-0.2, 0) is 11.3 Å². The fourth-order valence-corrected chi connectivity index (χ4v) is 2.03. The van der Waals surface area contributed by atoms with E-state index in [9.17, 15) is 4.79 Å². The van der Waals surface area contributed by atoms with Gasteiger partial charge in [0.25, 0.3) is 0 Å². The second kappa shape index (κ2) is 8.90. The van der Waals surface area contributed by atoms with Gasteiger partial charge in [-0.1, -0.05) is 29.3 Å². The Morgan fingerprint density at radius 3 is 2.76 bits per heavy atom. The molecule has 2 N–H and O–H groups in total. The smallest absolute Gasteiger partial charge is 0.176 e. The van der Waals surface area contributed by atoms with E-state index in [0.29, 0.717) is 22.2 Å². The Bertz CT molecular complexity index is 595. The predicted molar refractivity (Wildman–Crippen MR) is 89.9 cm³/mol. The van der Waals surface area contributed by atoms with Gasteiger partial charge in [-0.05, 0) is 35.9 Å². The first-order chi connectivity index (χ1) is 9.66. The largest absolute Gasteiger partial charge is 0.368 e. The zero-order valence-corrected chi connectivity index (χ0v) is 13.4. The van der Waals surface area contributed by atoms with Crippen molar-refractivity contribution in [3.05, 3.63) is 70.0 Å². The predicted octanol–water partition coefficient (Wildman–Crippen LogP) is 3.63. The highest BCUT2D eigenvalue weighted by molar-refractivity contribution is 6.42. The monoisotopic (exact) mass is 344 g/mol. The van der Waals surface area contributed by atoms with Gasteiger partial charge < -0.3 is 10.6 Å². The third kappa shape index (κ3) is 5.56. The fraction of sp³-hybridized carbons (Fsp3) is 0.133. The summed E-state index contributed by atoms with van der Waals surface area (Å²) in [6.45, 7) is 0.831. The van der Waals surface area contributed by atoms with E-state index in [2.05, 4.69) is 10.6 Å². The molecule has 0 amide bonds. The molecule has 0 radical (unpaired) electrons. The minimum Gasteiger partial charge on any atom is -0.368 e. The van der Waals surface area contributed by atoms with E-state index in [1.54, 1.807) is 42.8 Å². The van der Waals surface area contributed by atoms with E-state index in [0.717, 1.165) is 5.56 Å². The van der Waals surface area contributed by atoms with Gasteiger partial charge in [0.15, 0.2) is 5.78 Å². The maximum absolute atomic E-state index is 12.0. The van der Waals surface area contributed by atoms with Gasteiger partial charge in [0.2, 0.25) is 0 Å². The molecule has 1 aromatic rings. The van der Waals surface area contributed by atoms with Crippen LogP contribution in [-0.4, -0.2) is 12.3 Å². The quantitative estimate of drug-likeness (QED) is 0.856. The van der Waals surface area contributed by atoms with E-state index >= 15 is 0 Å². The summed E-state index contributed by atoms with van der Waals surface area (Å²) in [6.07, 6.45) is 8.82. The van der Waals surface area contributed by atoms with Crippen molar-refractivity contribution in [2.24, 2.45) is 0 Å². The maximum atomic E-state index is 12.0. The van der Waals surface area contributed by atoms with Crippen LogP contribution < -0.4 is 10.6 Å². The molecule has 0 saturated heterocycles. The van der Waals surface area contributed by atoms with E-state index in [4.69, 9.17) is 23.2 Å². The van der Waals surface area contributed by atoms with Crippen molar-refractivity contribution >= 4 is 41.4 Å². The van der Waals surface area contributed by atoms with Gasteiger partial charge in [0, 0.05) is 24.5 Å². The average Bonchev–Trinajstić information content (AvgIpc) is 2.71. The number of halogens is 3. The van der Waals surface area contributed by atoms with Crippen LogP contribution in [0.25, 0.3) is 0 Å². The Balaban J connectivity index is 0.00000220. The molecule has 1 aliphatic heterocycles. The zero-order chi connectivity index (χ0) is 14.4. The first kappa shape index (κ1) is 17.8. The lowest BCUT2D eigenvalue weighted by Gasteiger charge is -2.06. The van der Waals surface area contributed by atoms with Crippen LogP contribution in [0.5, 0.6) is 0 Å². The number of benzene rings is 1. The molecule has 3 nitrogen and oxygen atoms in total. The lowest BCUT2D eigenvalue weighted by Crippen LogP contribution is -2.23. The van der Waals surface area contributed by atoms with E-state index in [1.807, 2.05) is 6.07 Å². The van der Waals surface area contributed by atoms with Gasteiger partial charge in [0.1, 0.15) is 0 Å². The van der Waals surface area contributed by atoms with Crippen LogP contribution in [0.4, 0.5) is 0 Å². The second-order valence-electron chi connectivity index (χ2n) is 4.26. The molecule has 1 aromatic carbocycles.